The van der Waals surface area contributed by atoms with Crippen LogP contribution in [0.4, 0.5) is 0 Å². The smallest absolute Gasteiger partial charge is 0.274 e. The highest BCUT2D eigenvalue weighted by Crippen LogP contribution is 2.19. The van der Waals surface area contributed by atoms with Crippen molar-refractivity contribution in [2.45, 2.75) is 0 Å². The fourth-order valence-electron chi connectivity index (χ4n) is 1.75. The van der Waals surface area contributed by atoms with Crippen molar-refractivity contribution in [2.75, 3.05) is 7.11 Å². The molecule has 0 aliphatic rings. The number of hydrogen-bond acceptors (Lipinski definition) is 3. The molecule has 0 unspecified atom stereocenters. The first kappa shape index (κ1) is 12.6. The van der Waals surface area contributed by atoms with E-state index in [1.807, 2.05) is 24.3 Å². The van der Waals surface area contributed by atoms with Crippen molar-refractivity contribution in [1.82, 2.24) is 4.98 Å². The molecule has 0 aliphatic heterocycles. The lowest BCUT2D eigenvalue weighted by molar-refractivity contribution is 0.415. The zero-order valence-corrected chi connectivity index (χ0v) is 11.4. The summed E-state index contributed by atoms with van der Waals surface area (Å²) in [5, 5.41) is 0.625. The number of fused-ring (bicyclic) bond motifs is 1. The number of rotatable bonds is 1. The summed E-state index contributed by atoms with van der Waals surface area (Å²) in [5.74, 6) is 7.06. The monoisotopic (exact) mass is 283 g/mol. The number of halogens is 1. The maximum Gasteiger partial charge on any atom is 0.274 e. The number of hydrogen-bond donors (Lipinski definition) is 0. The Morgan fingerprint density at radius 2 is 1.90 bits per heavy atom. The van der Waals surface area contributed by atoms with Gasteiger partial charge in [0.15, 0.2) is 5.58 Å². The fourth-order valence-corrected chi connectivity index (χ4v) is 1.92. The van der Waals surface area contributed by atoms with Crippen LogP contribution < -0.4 is 4.74 Å². The van der Waals surface area contributed by atoms with E-state index >= 15 is 0 Å². The van der Waals surface area contributed by atoms with Crippen molar-refractivity contribution in [3.05, 3.63) is 58.9 Å². The van der Waals surface area contributed by atoms with Crippen LogP contribution in [0.5, 0.6) is 5.75 Å². The highest BCUT2D eigenvalue weighted by Gasteiger charge is 2.03. The maximum absolute atomic E-state index is 5.90. The molecule has 98 valence electrons. The largest absolute Gasteiger partial charge is 0.497 e. The summed E-state index contributed by atoms with van der Waals surface area (Å²) in [4.78, 5) is 4.27. The van der Waals surface area contributed by atoms with E-state index in [9.17, 15) is 0 Å². The second-order valence-corrected chi connectivity index (χ2v) is 4.55. The molecule has 2 aromatic carbocycles. The van der Waals surface area contributed by atoms with Gasteiger partial charge in [0.25, 0.3) is 5.89 Å². The van der Waals surface area contributed by atoms with E-state index in [-0.39, 0.29) is 0 Å². The summed E-state index contributed by atoms with van der Waals surface area (Å²) < 4.78 is 10.6. The van der Waals surface area contributed by atoms with E-state index in [0.717, 1.165) is 11.3 Å². The average Bonchev–Trinajstić information content (AvgIpc) is 2.87. The van der Waals surface area contributed by atoms with Gasteiger partial charge in [-0.2, -0.15) is 0 Å². The third-order valence-corrected chi connectivity index (χ3v) is 2.99. The first-order chi connectivity index (χ1) is 9.74. The molecule has 4 heteroatoms. The lowest BCUT2D eigenvalue weighted by atomic mass is 10.2. The van der Waals surface area contributed by atoms with Crippen LogP contribution in [-0.4, -0.2) is 12.1 Å². The Kier molecular flexibility index (Phi) is 3.32. The van der Waals surface area contributed by atoms with Crippen LogP contribution in [0.3, 0.4) is 0 Å². The first-order valence-corrected chi connectivity index (χ1v) is 6.34. The Balaban J connectivity index is 1.90. The van der Waals surface area contributed by atoms with E-state index in [1.54, 1.807) is 25.3 Å². The number of ether oxygens (including phenoxy) is 1. The third kappa shape index (κ3) is 2.61. The molecule has 3 aromatic rings. The minimum atomic E-state index is 0.373. The summed E-state index contributed by atoms with van der Waals surface area (Å²) in [7, 11) is 1.63. The van der Waals surface area contributed by atoms with Crippen LogP contribution in [-0.2, 0) is 0 Å². The van der Waals surface area contributed by atoms with E-state index in [1.165, 1.54) is 0 Å². The minimum Gasteiger partial charge on any atom is -0.497 e. The van der Waals surface area contributed by atoms with Crippen LogP contribution >= 0.6 is 11.6 Å². The Hall–Kier alpha value is -2.44. The summed E-state index contributed by atoms with van der Waals surface area (Å²) in [6.07, 6.45) is 0. The van der Waals surface area contributed by atoms with Crippen molar-refractivity contribution in [1.29, 1.82) is 0 Å². The summed E-state index contributed by atoms with van der Waals surface area (Å²) in [6.45, 7) is 0. The highest BCUT2D eigenvalue weighted by molar-refractivity contribution is 6.31. The van der Waals surface area contributed by atoms with Crippen LogP contribution in [0.1, 0.15) is 11.5 Å². The Morgan fingerprint density at radius 3 is 2.65 bits per heavy atom. The van der Waals surface area contributed by atoms with Crippen molar-refractivity contribution in [3.8, 4) is 17.6 Å². The van der Waals surface area contributed by atoms with E-state index in [2.05, 4.69) is 16.8 Å². The molecule has 3 nitrogen and oxygen atoms in total. The van der Waals surface area contributed by atoms with Crippen molar-refractivity contribution >= 4 is 22.7 Å². The lowest BCUT2D eigenvalue weighted by Gasteiger charge is -1.97. The molecule has 1 aromatic heterocycles. The predicted octanol–water partition coefficient (Wildman–Crippen LogP) is 3.89. The molecule has 0 amide bonds. The van der Waals surface area contributed by atoms with Crippen LogP contribution in [0, 0.1) is 11.8 Å². The second-order valence-electron chi connectivity index (χ2n) is 4.11. The molecule has 0 atom stereocenters. The summed E-state index contributed by atoms with van der Waals surface area (Å²) in [5.41, 5.74) is 2.25. The maximum atomic E-state index is 5.90. The summed E-state index contributed by atoms with van der Waals surface area (Å²) in [6, 6.07) is 12.8. The number of benzene rings is 2. The van der Waals surface area contributed by atoms with E-state index < -0.39 is 0 Å². The highest BCUT2D eigenvalue weighted by atomic mass is 35.5. The van der Waals surface area contributed by atoms with Gasteiger partial charge in [-0.1, -0.05) is 17.5 Å². The van der Waals surface area contributed by atoms with E-state index in [0.29, 0.717) is 22.0 Å². The molecule has 0 saturated heterocycles. The van der Waals surface area contributed by atoms with Crippen molar-refractivity contribution < 1.29 is 9.15 Å². The average molecular weight is 284 g/mol. The molecule has 3 rings (SSSR count). The lowest BCUT2D eigenvalue weighted by Crippen LogP contribution is -1.82. The Morgan fingerprint density at radius 1 is 1.10 bits per heavy atom. The van der Waals surface area contributed by atoms with Crippen molar-refractivity contribution in [2.24, 2.45) is 0 Å². The first-order valence-electron chi connectivity index (χ1n) is 5.97. The molecule has 20 heavy (non-hydrogen) atoms. The second kappa shape index (κ2) is 5.28. The van der Waals surface area contributed by atoms with Gasteiger partial charge in [-0.05, 0) is 48.4 Å². The molecule has 0 spiro atoms. The van der Waals surface area contributed by atoms with Gasteiger partial charge in [0.05, 0.1) is 7.11 Å². The topological polar surface area (TPSA) is 35.3 Å². The normalized spacial score (nSPS) is 10.1. The molecule has 0 radical (unpaired) electrons. The molecule has 1 heterocycles. The molecular weight excluding hydrogens is 274 g/mol. The van der Waals surface area contributed by atoms with Gasteiger partial charge >= 0.3 is 0 Å². The van der Waals surface area contributed by atoms with Gasteiger partial charge in [0.1, 0.15) is 11.3 Å². The summed E-state index contributed by atoms with van der Waals surface area (Å²) >= 11 is 5.90. The van der Waals surface area contributed by atoms with Crippen molar-refractivity contribution in [3.63, 3.8) is 0 Å². The van der Waals surface area contributed by atoms with Gasteiger partial charge in [0, 0.05) is 10.6 Å². The van der Waals surface area contributed by atoms with Gasteiger partial charge < -0.3 is 9.15 Å². The zero-order chi connectivity index (χ0) is 13.9. The van der Waals surface area contributed by atoms with Crippen LogP contribution in [0.15, 0.2) is 46.9 Å². The van der Waals surface area contributed by atoms with Gasteiger partial charge in [0.2, 0.25) is 0 Å². The van der Waals surface area contributed by atoms with Gasteiger partial charge in [-0.25, -0.2) is 4.98 Å². The Labute approximate surface area is 121 Å². The van der Waals surface area contributed by atoms with Gasteiger partial charge in [-0.15, -0.1) is 0 Å². The fraction of sp³-hybridized carbons (Fsp3) is 0.0625. The SMILES string of the molecule is COc1ccc(C#Cc2nc3cc(Cl)ccc3o2)cc1. The number of aromatic nitrogens is 1. The minimum absolute atomic E-state index is 0.373. The standard InChI is InChI=1S/C16H10ClNO2/c1-19-13-6-2-11(3-7-13)4-9-16-18-14-10-12(17)5-8-15(14)20-16/h2-3,5-8,10H,1H3. The Bertz CT molecular complexity index is 810. The molecular formula is C16H10ClNO2. The van der Waals surface area contributed by atoms with Gasteiger partial charge in [-0.3, -0.25) is 0 Å². The number of oxazole rings is 1. The molecule has 0 bridgehead atoms. The van der Waals surface area contributed by atoms with Crippen LogP contribution in [0.25, 0.3) is 11.1 Å². The predicted molar refractivity (Wildman–Crippen MR) is 78.0 cm³/mol. The molecule has 0 N–H and O–H groups in total. The number of methoxy groups -OCH3 is 1. The molecule has 0 saturated carbocycles. The van der Waals surface area contributed by atoms with E-state index in [4.69, 9.17) is 20.8 Å². The zero-order valence-electron chi connectivity index (χ0n) is 10.7. The van der Waals surface area contributed by atoms with Crippen LogP contribution in [0.2, 0.25) is 5.02 Å². The quantitative estimate of drug-likeness (QED) is 0.636. The molecule has 0 aliphatic carbocycles. The third-order valence-electron chi connectivity index (χ3n) is 2.75. The molecule has 0 fully saturated rings. The number of nitrogens with zero attached hydrogens (tertiary/aromatic N) is 1.